The van der Waals surface area contributed by atoms with Gasteiger partial charge in [-0.3, -0.25) is 9.67 Å². The average molecular weight is 404 g/mol. The zero-order valence-corrected chi connectivity index (χ0v) is 14.5. The van der Waals surface area contributed by atoms with E-state index in [1.807, 2.05) is 24.8 Å². The molecule has 0 spiro atoms. The van der Waals surface area contributed by atoms with Crippen LogP contribution in [0.15, 0.2) is 33.6 Å². The Morgan fingerprint density at radius 1 is 1.30 bits per heavy atom. The quantitative estimate of drug-likeness (QED) is 0.832. The van der Waals surface area contributed by atoms with Crippen molar-refractivity contribution in [3.63, 3.8) is 0 Å². The van der Waals surface area contributed by atoms with Gasteiger partial charge in [-0.1, -0.05) is 0 Å². The van der Waals surface area contributed by atoms with Crippen molar-refractivity contribution in [2.24, 2.45) is 0 Å². The monoisotopic (exact) mass is 402 g/mol. The third-order valence-corrected chi connectivity index (χ3v) is 3.94. The molecule has 0 saturated carbocycles. The van der Waals surface area contributed by atoms with E-state index in [0.29, 0.717) is 6.54 Å². The molecule has 0 aliphatic rings. The number of rotatable bonds is 5. The highest BCUT2D eigenvalue weighted by Crippen LogP contribution is 2.29. The van der Waals surface area contributed by atoms with Crippen LogP contribution in [0, 0.1) is 0 Å². The molecule has 2 aromatic heterocycles. The molecule has 0 radical (unpaired) electrons. The van der Waals surface area contributed by atoms with Gasteiger partial charge in [-0.2, -0.15) is 5.10 Å². The highest BCUT2D eigenvalue weighted by molar-refractivity contribution is 9.10. The zero-order chi connectivity index (χ0) is 14.7. The summed E-state index contributed by atoms with van der Waals surface area (Å²) < 4.78 is 3.45. The van der Waals surface area contributed by atoms with E-state index in [4.69, 9.17) is 0 Å². The van der Waals surface area contributed by atoms with Gasteiger partial charge in [0.15, 0.2) is 0 Å². The van der Waals surface area contributed by atoms with Crippen LogP contribution in [0.1, 0.15) is 17.4 Å². The largest absolute Gasteiger partial charge is 0.382 e. The van der Waals surface area contributed by atoms with Crippen molar-refractivity contribution in [2.75, 3.05) is 20.6 Å². The number of hydrogen-bond acceptors (Lipinski definition) is 4. The van der Waals surface area contributed by atoms with Crippen LogP contribution in [0.25, 0.3) is 0 Å². The maximum atomic E-state index is 10.6. The third kappa shape index (κ3) is 3.66. The normalized spacial score (nSPS) is 12.9. The molecule has 0 saturated heterocycles. The average Bonchev–Trinajstić information content (AvgIpc) is 2.76. The van der Waals surface area contributed by atoms with E-state index in [1.54, 1.807) is 18.6 Å². The van der Waals surface area contributed by atoms with Crippen molar-refractivity contribution in [1.29, 1.82) is 0 Å². The number of nitrogens with zero attached hydrogens (tertiary/aromatic N) is 4. The number of hydrogen-bond donors (Lipinski definition) is 1. The molecule has 0 amide bonds. The fourth-order valence-corrected chi connectivity index (χ4v) is 2.75. The van der Waals surface area contributed by atoms with E-state index in [-0.39, 0.29) is 0 Å². The summed E-state index contributed by atoms with van der Waals surface area (Å²) in [5, 5.41) is 14.9. The Morgan fingerprint density at radius 3 is 2.70 bits per heavy atom. The number of likely N-dealkylation sites (N-methyl/N-ethyl adjacent to an activating group) is 1. The SMILES string of the molecule is CN(C)CCn1ncc(Br)c1C(O)c1cncc(Br)c1. The van der Waals surface area contributed by atoms with Crippen LogP contribution in [0.2, 0.25) is 0 Å². The van der Waals surface area contributed by atoms with Gasteiger partial charge in [-0.25, -0.2) is 0 Å². The number of aromatic nitrogens is 3. The Labute approximate surface area is 134 Å². The van der Waals surface area contributed by atoms with Crippen molar-refractivity contribution in [3.8, 4) is 0 Å². The molecule has 1 atom stereocenters. The summed E-state index contributed by atoms with van der Waals surface area (Å²) in [4.78, 5) is 6.16. The smallest absolute Gasteiger partial charge is 0.123 e. The molecule has 2 rings (SSSR count). The second-order valence-electron chi connectivity index (χ2n) is 4.74. The Kier molecular flexibility index (Phi) is 5.31. The summed E-state index contributed by atoms with van der Waals surface area (Å²) in [6.45, 7) is 1.57. The predicted molar refractivity (Wildman–Crippen MR) is 84.5 cm³/mol. The topological polar surface area (TPSA) is 54.2 Å². The minimum atomic E-state index is -0.765. The predicted octanol–water partition coefficient (Wildman–Crippen LogP) is 2.45. The fourth-order valence-electron chi connectivity index (χ4n) is 1.85. The van der Waals surface area contributed by atoms with Crippen molar-refractivity contribution >= 4 is 31.9 Å². The van der Waals surface area contributed by atoms with E-state index in [1.165, 1.54) is 0 Å². The number of aliphatic hydroxyl groups is 1. The maximum Gasteiger partial charge on any atom is 0.123 e. The summed E-state index contributed by atoms with van der Waals surface area (Å²) in [5.41, 5.74) is 1.47. The van der Waals surface area contributed by atoms with E-state index >= 15 is 0 Å². The molecule has 0 aliphatic heterocycles. The first-order valence-corrected chi connectivity index (χ1v) is 7.72. The molecule has 108 valence electrons. The Bertz CT molecular complexity index is 586. The molecule has 1 unspecified atom stereocenters. The van der Waals surface area contributed by atoms with Crippen LogP contribution in [-0.4, -0.2) is 45.4 Å². The molecule has 1 N–H and O–H groups in total. The van der Waals surface area contributed by atoms with Gasteiger partial charge in [0.2, 0.25) is 0 Å². The molecule has 2 heterocycles. The summed E-state index contributed by atoms with van der Waals surface area (Å²) in [7, 11) is 4.01. The summed E-state index contributed by atoms with van der Waals surface area (Å²) in [6, 6.07) is 1.85. The van der Waals surface area contributed by atoms with Crippen LogP contribution in [0.4, 0.5) is 0 Å². The minimum absolute atomic E-state index is 0.715. The van der Waals surface area contributed by atoms with Crippen molar-refractivity contribution in [1.82, 2.24) is 19.7 Å². The molecular weight excluding hydrogens is 388 g/mol. The Balaban J connectivity index is 2.29. The van der Waals surface area contributed by atoms with Crippen LogP contribution < -0.4 is 0 Å². The van der Waals surface area contributed by atoms with Crippen LogP contribution in [-0.2, 0) is 6.54 Å². The van der Waals surface area contributed by atoms with E-state index < -0.39 is 6.10 Å². The minimum Gasteiger partial charge on any atom is -0.382 e. The highest BCUT2D eigenvalue weighted by Gasteiger charge is 2.20. The van der Waals surface area contributed by atoms with Crippen molar-refractivity contribution < 1.29 is 5.11 Å². The molecule has 0 aromatic carbocycles. The zero-order valence-electron chi connectivity index (χ0n) is 11.3. The first-order valence-electron chi connectivity index (χ1n) is 6.13. The highest BCUT2D eigenvalue weighted by atomic mass is 79.9. The summed E-state index contributed by atoms with van der Waals surface area (Å²) >= 11 is 6.82. The summed E-state index contributed by atoms with van der Waals surface area (Å²) in [6.07, 6.45) is 4.29. The van der Waals surface area contributed by atoms with Crippen LogP contribution in [0.5, 0.6) is 0 Å². The standard InChI is InChI=1S/C13H16Br2N4O/c1-18(2)3-4-19-12(11(15)8-17-19)13(20)9-5-10(14)7-16-6-9/h5-8,13,20H,3-4H2,1-2H3. The van der Waals surface area contributed by atoms with Gasteiger partial charge in [0.05, 0.1) is 22.9 Å². The molecule has 7 heteroatoms. The lowest BCUT2D eigenvalue weighted by molar-refractivity contribution is 0.204. The van der Waals surface area contributed by atoms with Gasteiger partial charge in [0.1, 0.15) is 6.10 Å². The lowest BCUT2D eigenvalue weighted by Gasteiger charge is -2.16. The molecular formula is C13H16Br2N4O. The van der Waals surface area contributed by atoms with E-state index in [0.717, 1.165) is 26.7 Å². The maximum absolute atomic E-state index is 10.6. The third-order valence-electron chi connectivity index (χ3n) is 2.89. The molecule has 2 aromatic rings. The van der Waals surface area contributed by atoms with Crippen molar-refractivity contribution in [3.05, 3.63) is 44.9 Å². The van der Waals surface area contributed by atoms with Gasteiger partial charge < -0.3 is 10.0 Å². The van der Waals surface area contributed by atoms with E-state index in [9.17, 15) is 5.11 Å². The molecule has 0 bridgehead atoms. The van der Waals surface area contributed by atoms with E-state index in [2.05, 4.69) is 46.8 Å². The van der Waals surface area contributed by atoms with Gasteiger partial charge in [-0.05, 0) is 52.0 Å². The molecule has 20 heavy (non-hydrogen) atoms. The van der Waals surface area contributed by atoms with Crippen molar-refractivity contribution in [2.45, 2.75) is 12.6 Å². The number of halogens is 2. The Hall–Kier alpha value is -0.760. The van der Waals surface area contributed by atoms with Gasteiger partial charge >= 0.3 is 0 Å². The van der Waals surface area contributed by atoms with Gasteiger partial charge in [-0.15, -0.1) is 0 Å². The lowest BCUT2D eigenvalue weighted by Crippen LogP contribution is -2.21. The second kappa shape index (κ2) is 6.80. The van der Waals surface area contributed by atoms with Crippen LogP contribution >= 0.6 is 31.9 Å². The Morgan fingerprint density at radius 2 is 2.05 bits per heavy atom. The molecule has 0 aliphatic carbocycles. The number of aliphatic hydroxyl groups excluding tert-OH is 1. The van der Waals surface area contributed by atoms with Gasteiger partial charge in [0.25, 0.3) is 0 Å². The fraction of sp³-hybridized carbons (Fsp3) is 0.385. The van der Waals surface area contributed by atoms with Crippen LogP contribution in [0.3, 0.4) is 0 Å². The first kappa shape index (κ1) is 15.6. The summed E-state index contributed by atoms with van der Waals surface area (Å²) in [5.74, 6) is 0. The lowest BCUT2D eigenvalue weighted by atomic mass is 10.1. The van der Waals surface area contributed by atoms with Gasteiger partial charge in [0, 0.05) is 29.0 Å². The number of pyridine rings is 1. The first-order chi connectivity index (χ1) is 9.49. The molecule has 5 nitrogen and oxygen atoms in total. The molecule has 0 fully saturated rings. The second-order valence-corrected chi connectivity index (χ2v) is 6.51.